The van der Waals surface area contributed by atoms with E-state index in [-0.39, 0.29) is 15.8 Å². The first-order chi connectivity index (χ1) is 9.70. The summed E-state index contributed by atoms with van der Waals surface area (Å²) in [4.78, 5) is 3.68. The van der Waals surface area contributed by atoms with E-state index in [1.807, 2.05) is 0 Å². The molecule has 1 aromatic heterocycles. The topological polar surface area (TPSA) is 79.3 Å². The minimum absolute atomic E-state index is 0.109. The van der Waals surface area contributed by atoms with Crippen molar-refractivity contribution in [3.05, 3.63) is 45.1 Å². The first-order valence-electron chi connectivity index (χ1n) is 5.85. The van der Waals surface area contributed by atoms with Gasteiger partial charge in [-0.1, -0.05) is 11.6 Å². The van der Waals surface area contributed by atoms with Crippen LogP contribution in [0.1, 0.15) is 11.1 Å². The van der Waals surface area contributed by atoms with Gasteiger partial charge in [-0.05, 0) is 59.1 Å². The van der Waals surface area contributed by atoms with Crippen LogP contribution in [0.25, 0.3) is 0 Å². The van der Waals surface area contributed by atoms with Gasteiger partial charge < -0.3 is 5.11 Å². The van der Waals surface area contributed by atoms with Crippen LogP contribution < -0.4 is 4.72 Å². The molecule has 1 aromatic carbocycles. The number of aromatic nitrogens is 1. The van der Waals surface area contributed by atoms with E-state index < -0.39 is 10.0 Å². The number of pyridine rings is 1. The molecule has 2 rings (SSSR count). The van der Waals surface area contributed by atoms with Crippen molar-refractivity contribution < 1.29 is 13.5 Å². The lowest BCUT2D eigenvalue weighted by atomic mass is 10.1. The lowest BCUT2D eigenvalue weighted by molar-refractivity contribution is 0.471. The molecule has 8 heteroatoms. The smallest absolute Gasteiger partial charge is 0.265 e. The van der Waals surface area contributed by atoms with E-state index in [0.717, 1.165) is 0 Å². The van der Waals surface area contributed by atoms with Crippen molar-refractivity contribution in [2.45, 2.75) is 18.7 Å². The number of anilines is 1. The fourth-order valence-corrected chi connectivity index (χ4v) is 3.77. The average molecular weight is 392 g/mol. The molecule has 0 saturated carbocycles. The highest BCUT2D eigenvalue weighted by molar-refractivity contribution is 9.10. The summed E-state index contributed by atoms with van der Waals surface area (Å²) < 4.78 is 27.8. The fourth-order valence-electron chi connectivity index (χ4n) is 1.70. The largest absolute Gasteiger partial charge is 0.508 e. The first kappa shape index (κ1) is 16.1. The summed E-state index contributed by atoms with van der Waals surface area (Å²) in [5, 5.41) is 9.49. The van der Waals surface area contributed by atoms with Crippen molar-refractivity contribution in [2.75, 3.05) is 4.72 Å². The third kappa shape index (κ3) is 3.48. The predicted octanol–water partition coefficient (Wildman–Crippen LogP) is 3.62. The maximum absolute atomic E-state index is 12.4. The third-order valence-corrected chi connectivity index (χ3v) is 5.08. The highest BCUT2D eigenvalue weighted by Crippen LogP contribution is 2.29. The standard InChI is InChI=1S/C13H12BrClN2O3S/c1-7-4-11(18)8(2)3-10(7)17-21(19,20)12-5-9(14)6-16-13(12)15/h3-6,17-18H,1-2H3. The Bertz CT molecular complexity index is 809. The number of nitrogens with one attached hydrogen (secondary N) is 1. The van der Waals surface area contributed by atoms with Crippen molar-refractivity contribution in [1.29, 1.82) is 0 Å². The lowest BCUT2D eigenvalue weighted by Gasteiger charge is -2.13. The first-order valence-corrected chi connectivity index (χ1v) is 8.50. The Kier molecular flexibility index (Phi) is 4.46. The molecule has 0 aliphatic carbocycles. The van der Waals surface area contributed by atoms with Crippen LogP contribution in [-0.2, 0) is 10.0 Å². The lowest BCUT2D eigenvalue weighted by Crippen LogP contribution is -2.15. The van der Waals surface area contributed by atoms with Crippen molar-refractivity contribution in [3.63, 3.8) is 0 Å². The number of hydrogen-bond donors (Lipinski definition) is 2. The maximum Gasteiger partial charge on any atom is 0.265 e. The van der Waals surface area contributed by atoms with Crippen LogP contribution in [0.15, 0.2) is 33.8 Å². The van der Waals surface area contributed by atoms with Gasteiger partial charge in [-0.15, -0.1) is 0 Å². The second-order valence-corrected chi connectivity index (χ2v) is 7.43. The van der Waals surface area contributed by atoms with Gasteiger partial charge in [-0.25, -0.2) is 13.4 Å². The van der Waals surface area contributed by atoms with Crippen molar-refractivity contribution in [2.24, 2.45) is 0 Å². The molecule has 21 heavy (non-hydrogen) atoms. The Balaban J connectivity index is 2.47. The van der Waals surface area contributed by atoms with Gasteiger partial charge in [0.25, 0.3) is 10.0 Å². The monoisotopic (exact) mass is 390 g/mol. The zero-order chi connectivity index (χ0) is 15.8. The van der Waals surface area contributed by atoms with Crippen molar-refractivity contribution >= 4 is 43.2 Å². The van der Waals surface area contributed by atoms with Crippen LogP contribution in [-0.4, -0.2) is 18.5 Å². The number of hydrogen-bond acceptors (Lipinski definition) is 4. The Morgan fingerprint density at radius 3 is 2.57 bits per heavy atom. The molecule has 2 aromatic rings. The molecule has 0 radical (unpaired) electrons. The van der Waals surface area contributed by atoms with Crippen LogP contribution in [0.4, 0.5) is 5.69 Å². The Labute approximate surface area is 136 Å². The van der Waals surface area contributed by atoms with Crippen LogP contribution >= 0.6 is 27.5 Å². The van der Waals surface area contributed by atoms with E-state index in [9.17, 15) is 13.5 Å². The van der Waals surface area contributed by atoms with Gasteiger partial charge in [0, 0.05) is 10.7 Å². The SMILES string of the molecule is Cc1cc(NS(=O)(=O)c2cc(Br)cnc2Cl)c(C)cc1O. The summed E-state index contributed by atoms with van der Waals surface area (Å²) in [6.45, 7) is 3.37. The van der Waals surface area contributed by atoms with Gasteiger partial charge in [-0.2, -0.15) is 0 Å². The second kappa shape index (κ2) is 5.82. The highest BCUT2D eigenvalue weighted by Gasteiger charge is 2.20. The van der Waals surface area contributed by atoms with Gasteiger partial charge in [0.2, 0.25) is 0 Å². The zero-order valence-electron chi connectivity index (χ0n) is 11.2. The van der Waals surface area contributed by atoms with Gasteiger partial charge in [0.1, 0.15) is 15.8 Å². The number of aromatic hydroxyl groups is 1. The summed E-state index contributed by atoms with van der Waals surface area (Å²) >= 11 is 9.02. The van der Waals surface area contributed by atoms with Gasteiger partial charge >= 0.3 is 0 Å². The number of phenolic OH excluding ortho intramolecular Hbond substituents is 1. The van der Waals surface area contributed by atoms with Crippen LogP contribution in [0.5, 0.6) is 5.75 Å². The highest BCUT2D eigenvalue weighted by atomic mass is 79.9. The van der Waals surface area contributed by atoms with Gasteiger partial charge in [0.15, 0.2) is 0 Å². The number of nitrogens with zero attached hydrogens (tertiary/aromatic N) is 1. The van der Waals surface area contributed by atoms with Crippen LogP contribution in [0.3, 0.4) is 0 Å². The van der Waals surface area contributed by atoms with E-state index in [4.69, 9.17) is 11.6 Å². The molecule has 0 amide bonds. The molecular formula is C13H12BrClN2O3S. The van der Waals surface area contributed by atoms with Gasteiger partial charge in [-0.3, -0.25) is 4.72 Å². The predicted molar refractivity (Wildman–Crippen MR) is 85.3 cm³/mol. The van der Waals surface area contributed by atoms with E-state index in [1.165, 1.54) is 18.3 Å². The summed E-state index contributed by atoms with van der Waals surface area (Å²) in [6.07, 6.45) is 1.41. The number of sulfonamides is 1. The van der Waals surface area contributed by atoms with E-state index >= 15 is 0 Å². The Hall–Kier alpha value is -1.31. The molecule has 0 aliphatic rings. The normalized spacial score (nSPS) is 11.4. The maximum atomic E-state index is 12.4. The Morgan fingerprint density at radius 2 is 1.90 bits per heavy atom. The average Bonchev–Trinajstić information content (AvgIpc) is 2.38. The second-order valence-electron chi connectivity index (χ2n) is 4.50. The molecule has 112 valence electrons. The summed E-state index contributed by atoms with van der Waals surface area (Å²) in [6, 6.07) is 4.43. The molecule has 1 heterocycles. The number of phenols is 1. The molecule has 5 nitrogen and oxygen atoms in total. The summed E-state index contributed by atoms with van der Waals surface area (Å²) in [5.74, 6) is 0.109. The summed E-state index contributed by atoms with van der Waals surface area (Å²) in [7, 11) is -3.87. The van der Waals surface area contributed by atoms with E-state index in [1.54, 1.807) is 19.9 Å². The molecule has 0 spiro atoms. The number of benzene rings is 1. The van der Waals surface area contributed by atoms with Crippen molar-refractivity contribution in [1.82, 2.24) is 4.98 Å². The molecule has 2 N–H and O–H groups in total. The number of halogens is 2. The van der Waals surface area contributed by atoms with Crippen LogP contribution in [0, 0.1) is 13.8 Å². The number of aryl methyl sites for hydroxylation is 2. The van der Waals surface area contributed by atoms with E-state index in [0.29, 0.717) is 21.3 Å². The minimum atomic E-state index is -3.87. The molecule has 0 atom stereocenters. The fraction of sp³-hybridized carbons (Fsp3) is 0.154. The zero-order valence-corrected chi connectivity index (χ0v) is 14.3. The van der Waals surface area contributed by atoms with Gasteiger partial charge in [0.05, 0.1) is 5.69 Å². The molecule has 0 aliphatic heterocycles. The van der Waals surface area contributed by atoms with E-state index in [2.05, 4.69) is 25.6 Å². The quantitative estimate of drug-likeness (QED) is 0.618. The molecule has 0 bridgehead atoms. The molecular weight excluding hydrogens is 380 g/mol. The molecule has 0 saturated heterocycles. The Morgan fingerprint density at radius 1 is 1.24 bits per heavy atom. The number of rotatable bonds is 3. The minimum Gasteiger partial charge on any atom is -0.508 e. The molecule has 0 fully saturated rings. The van der Waals surface area contributed by atoms with Crippen LogP contribution in [0.2, 0.25) is 5.15 Å². The third-order valence-electron chi connectivity index (χ3n) is 2.85. The summed E-state index contributed by atoms with van der Waals surface area (Å²) in [5.41, 5.74) is 1.54. The molecule has 0 unspecified atom stereocenters. The van der Waals surface area contributed by atoms with Crippen molar-refractivity contribution in [3.8, 4) is 5.75 Å².